The molecule has 3 heteroatoms. The molecule has 0 amide bonds. The van der Waals surface area contributed by atoms with Crippen molar-refractivity contribution in [3.63, 3.8) is 0 Å². The molecule has 0 aromatic heterocycles. The van der Waals surface area contributed by atoms with Gasteiger partial charge in [-0.3, -0.25) is 0 Å². The highest BCUT2D eigenvalue weighted by Gasteiger charge is 2.32. The summed E-state index contributed by atoms with van der Waals surface area (Å²) in [6.07, 6.45) is 2.14. The first-order valence-electron chi connectivity index (χ1n) is 6.12. The summed E-state index contributed by atoms with van der Waals surface area (Å²) in [4.78, 5) is 0. The van der Waals surface area contributed by atoms with Crippen LogP contribution >= 0.6 is 0 Å². The average Bonchev–Trinajstić information content (AvgIpc) is 2.30. The van der Waals surface area contributed by atoms with Gasteiger partial charge in [-0.1, -0.05) is 12.1 Å². The predicted octanol–water partition coefficient (Wildman–Crippen LogP) is 2.70. The maximum absolute atomic E-state index is 12.9. The first kappa shape index (κ1) is 12.5. The van der Waals surface area contributed by atoms with Crippen LogP contribution in [0.1, 0.15) is 31.2 Å². The lowest BCUT2D eigenvalue weighted by Crippen LogP contribution is -2.51. The average molecular weight is 237 g/mol. The summed E-state index contributed by atoms with van der Waals surface area (Å²) < 4.78 is 18.2. The quantitative estimate of drug-likeness (QED) is 0.872. The number of rotatable bonds is 3. The standard InChI is InChI=1S/C14H20FNO/c1-14(10-17-2)9-12(7-8-16-14)11-3-5-13(15)6-4-11/h3-6,12,16H,7-10H2,1-2H3. The van der Waals surface area contributed by atoms with Gasteiger partial charge in [0.15, 0.2) is 0 Å². The Kier molecular flexibility index (Phi) is 3.79. The van der Waals surface area contributed by atoms with Crippen molar-refractivity contribution in [2.75, 3.05) is 20.3 Å². The van der Waals surface area contributed by atoms with E-state index in [9.17, 15) is 4.39 Å². The van der Waals surface area contributed by atoms with Crippen molar-refractivity contribution >= 4 is 0 Å². The second-order valence-corrected chi connectivity index (χ2v) is 5.16. The number of piperidine rings is 1. The molecule has 1 aliphatic heterocycles. The molecule has 17 heavy (non-hydrogen) atoms. The van der Waals surface area contributed by atoms with E-state index >= 15 is 0 Å². The monoisotopic (exact) mass is 237 g/mol. The normalized spacial score (nSPS) is 29.2. The Morgan fingerprint density at radius 2 is 2.12 bits per heavy atom. The van der Waals surface area contributed by atoms with Gasteiger partial charge in [0.2, 0.25) is 0 Å². The molecule has 1 aliphatic rings. The first-order chi connectivity index (χ1) is 8.13. The van der Waals surface area contributed by atoms with Gasteiger partial charge < -0.3 is 10.1 Å². The van der Waals surface area contributed by atoms with Crippen LogP contribution in [0.25, 0.3) is 0 Å². The summed E-state index contributed by atoms with van der Waals surface area (Å²) in [7, 11) is 1.73. The van der Waals surface area contributed by atoms with Crippen LogP contribution in [0, 0.1) is 5.82 Å². The predicted molar refractivity (Wildman–Crippen MR) is 66.7 cm³/mol. The summed E-state index contributed by atoms with van der Waals surface area (Å²) in [5, 5.41) is 3.51. The van der Waals surface area contributed by atoms with Crippen LogP contribution in [0.2, 0.25) is 0 Å². The Morgan fingerprint density at radius 1 is 1.41 bits per heavy atom. The van der Waals surface area contributed by atoms with Gasteiger partial charge >= 0.3 is 0 Å². The van der Waals surface area contributed by atoms with Crippen LogP contribution in [0.15, 0.2) is 24.3 Å². The lowest BCUT2D eigenvalue weighted by molar-refractivity contribution is 0.0946. The molecule has 1 N–H and O–H groups in total. The number of ether oxygens (including phenoxy) is 1. The summed E-state index contributed by atoms with van der Waals surface area (Å²) in [5.74, 6) is 0.333. The molecule has 0 radical (unpaired) electrons. The minimum Gasteiger partial charge on any atom is -0.383 e. The third kappa shape index (κ3) is 3.05. The van der Waals surface area contributed by atoms with Gasteiger partial charge in [0.05, 0.1) is 6.61 Å². The van der Waals surface area contributed by atoms with Crippen LogP contribution in [-0.4, -0.2) is 25.8 Å². The Bertz CT molecular complexity index is 361. The van der Waals surface area contributed by atoms with Gasteiger partial charge in [-0.25, -0.2) is 4.39 Å². The second-order valence-electron chi connectivity index (χ2n) is 5.16. The lowest BCUT2D eigenvalue weighted by atomic mass is 9.80. The van der Waals surface area contributed by atoms with Gasteiger partial charge in [-0.2, -0.15) is 0 Å². The molecule has 2 nitrogen and oxygen atoms in total. The van der Waals surface area contributed by atoms with Crippen LogP contribution in [0.5, 0.6) is 0 Å². The molecule has 0 aliphatic carbocycles. The van der Waals surface area contributed by atoms with Crippen molar-refractivity contribution in [2.24, 2.45) is 0 Å². The molecule has 1 aromatic rings. The smallest absolute Gasteiger partial charge is 0.123 e. The van der Waals surface area contributed by atoms with Crippen LogP contribution in [-0.2, 0) is 4.74 Å². The Morgan fingerprint density at radius 3 is 2.76 bits per heavy atom. The number of halogens is 1. The van der Waals surface area contributed by atoms with Gasteiger partial charge in [0.25, 0.3) is 0 Å². The summed E-state index contributed by atoms with van der Waals surface area (Å²) in [6.45, 7) is 3.89. The summed E-state index contributed by atoms with van der Waals surface area (Å²) in [5.41, 5.74) is 1.27. The zero-order chi connectivity index (χ0) is 12.3. The maximum atomic E-state index is 12.9. The number of hydrogen-bond acceptors (Lipinski definition) is 2. The van der Waals surface area contributed by atoms with E-state index in [4.69, 9.17) is 4.74 Å². The minimum atomic E-state index is -0.165. The topological polar surface area (TPSA) is 21.3 Å². The maximum Gasteiger partial charge on any atom is 0.123 e. The number of benzene rings is 1. The molecule has 1 fully saturated rings. The highest BCUT2D eigenvalue weighted by molar-refractivity contribution is 5.22. The van der Waals surface area contributed by atoms with Crippen molar-refractivity contribution in [3.05, 3.63) is 35.6 Å². The Hall–Kier alpha value is -0.930. The molecule has 94 valence electrons. The number of nitrogens with one attached hydrogen (secondary N) is 1. The molecule has 2 atom stereocenters. The Balaban J connectivity index is 2.09. The highest BCUT2D eigenvalue weighted by atomic mass is 19.1. The van der Waals surface area contributed by atoms with Crippen molar-refractivity contribution in [3.8, 4) is 0 Å². The van der Waals surface area contributed by atoms with Gasteiger partial charge in [-0.05, 0) is 49.9 Å². The first-order valence-corrected chi connectivity index (χ1v) is 6.12. The molecule has 0 bridgehead atoms. The minimum absolute atomic E-state index is 0.0338. The molecule has 2 unspecified atom stereocenters. The zero-order valence-corrected chi connectivity index (χ0v) is 10.5. The summed E-state index contributed by atoms with van der Waals surface area (Å²) in [6, 6.07) is 6.90. The number of hydrogen-bond donors (Lipinski definition) is 1. The molecule has 0 spiro atoms. The lowest BCUT2D eigenvalue weighted by Gasteiger charge is -2.39. The van der Waals surface area contributed by atoms with E-state index in [1.807, 2.05) is 12.1 Å². The molecule has 0 saturated carbocycles. The van der Waals surface area contributed by atoms with Gasteiger partial charge in [-0.15, -0.1) is 0 Å². The van der Waals surface area contributed by atoms with E-state index in [0.717, 1.165) is 19.4 Å². The van der Waals surface area contributed by atoms with E-state index in [-0.39, 0.29) is 11.4 Å². The van der Waals surface area contributed by atoms with E-state index in [1.165, 1.54) is 5.56 Å². The van der Waals surface area contributed by atoms with E-state index in [0.29, 0.717) is 12.5 Å². The molecular formula is C14H20FNO. The fourth-order valence-electron chi connectivity index (χ4n) is 2.71. The van der Waals surface area contributed by atoms with Crippen molar-refractivity contribution in [1.29, 1.82) is 0 Å². The van der Waals surface area contributed by atoms with E-state index < -0.39 is 0 Å². The van der Waals surface area contributed by atoms with Crippen LogP contribution in [0.3, 0.4) is 0 Å². The SMILES string of the molecule is COCC1(C)CC(c2ccc(F)cc2)CCN1. The van der Waals surface area contributed by atoms with Crippen molar-refractivity contribution in [2.45, 2.75) is 31.2 Å². The third-order valence-electron chi connectivity index (χ3n) is 3.55. The molecule has 2 rings (SSSR count). The van der Waals surface area contributed by atoms with Gasteiger partial charge in [0.1, 0.15) is 5.82 Å². The largest absolute Gasteiger partial charge is 0.383 e. The number of methoxy groups -OCH3 is 1. The molecular weight excluding hydrogens is 217 g/mol. The summed E-state index contributed by atoms with van der Waals surface area (Å²) >= 11 is 0. The van der Waals surface area contributed by atoms with Crippen molar-refractivity contribution < 1.29 is 9.13 Å². The third-order valence-corrected chi connectivity index (χ3v) is 3.55. The fraction of sp³-hybridized carbons (Fsp3) is 0.571. The van der Waals surface area contributed by atoms with Crippen LogP contribution < -0.4 is 5.32 Å². The highest BCUT2D eigenvalue weighted by Crippen LogP contribution is 2.32. The molecule has 1 heterocycles. The second kappa shape index (κ2) is 5.15. The van der Waals surface area contributed by atoms with E-state index in [1.54, 1.807) is 19.2 Å². The van der Waals surface area contributed by atoms with Gasteiger partial charge in [0, 0.05) is 12.6 Å². The van der Waals surface area contributed by atoms with Crippen LogP contribution in [0.4, 0.5) is 4.39 Å². The molecule has 1 aromatic carbocycles. The van der Waals surface area contributed by atoms with Crippen molar-refractivity contribution in [1.82, 2.24) is 5.32 Å². The zero-order valence-electron chi connectivity index (χ0n) is 10.5. The fourth-order valence-corrected chi connectivity index (χ4v) is 2.71. The Labute approximate surface area is 102 Å². The van der Waals surface area contributed by atoms with E-state index in [2.05, 4.69) is 12.2 Å². The molecule has 1 saturated heterocycles.